The number of carbonyl (C=O) groups is 1. The third-order valence-corrected chi connectivity index (χ3v) is 8.97. The number of nitrogens with one attached hydrogen (secondary N) is 1. The van der Waals surface area contributed by atoms with E-state index >= 15 is 0 Å². The van der Waals surface area contributed by atoms with Gasteiger partial charge in [0.25, 0.3) is 5.91 Å². The number of amides is 1. The third-order valence-electron chi connectivity index (χ3n) is 7.87. The van der Waals surface area contributed by atoms with Crippen molar-refractivity contribution in [3.05, 3.63) is 45.6 Å². The van der Waals surface area contributed by atoms with Gasteiger partial charge in [-0.25, -0.2) is 9.97 Å². The number of fused-ring (bicyclic) bond motifs is 2. The van der Waals surface area contributed by atoms with Crippen LogP contribution in [0.15, 0.2) is 18.2 Å². The largest absolute Gasteiger partial charge is 0.397 e. The number of nitrogens with zero attached hydrogens (tertiary/aromatic N) is 3. The number of nitrogens with two attached hydrogens (primary N) is 2. The average molecular weight is 539 g/mol. The number of thiophene rings is 1. The van der Waals surface area contributed by atoms with Gasteiger partial charge in [0.15, 0.2) is 0 Å². The fourth-order valence-electron chi connectivity index (χ4n) is 5.50. The minimum atomic E-state index is -0.130. The number of hydrogen-bond acceptors (Lipinski definition) is 9. The van der Waals surface area contributed by atoms with Gasteiger partial charge in [0.1, 0.15) is 15.5 Å². The summed E-state index contributed by atoms with van der Waals surface area (Å²) in [4.78, 5) is 26.3. The second kappa shape index (κ2) is 10.8. The molecule has 204 valence electrons. The molecule has 5 rings (SSSR count). The molecule has 10 heteroatoms. The number of ether oxygens (including phenoxy) is 2. The van der Waals surface area contributed by atoms with Gasteiger partial charge < -0.3 is 31.2 Å². The zero-order chi connectivity index (χ0) is 27.1. The molecule has 3 aromatic heterocycles. The van der Waals surface area contributed by atoms with E-state index in [4.69, 9.17) is 25.9 Å². The monoisotopic (exact) mass is 538 g/mol. The molecule has 38 heavy (non-hydrogen) atoms. The van der Waals surface area contributed by atoms with E-state index in [1.165, 1.54) is 16.9 Å². The quantitative estimate of drug-likeness (QED) is 0.419. The fourth-order valence-corrected chi connectivity index (χ4v) is 6.62. The minimum Gasteiger partial charge on any atom is -0.397 e. The lowest BCUT2D eigenvalue weighted by Crippen LogP contribution is -2.40. The Morgan fingerprint density at radius 1 is 1.21 bits per heavy atom. The molecule has 5 N–H and O–H groups in total. The summed E-state index contributed by atoms with van der Waals surface area (Å²) in [7, 11) is 1.69. The first-order chi connectivity index (χ1) is 18.1. The lowest BCUT2D eigenvalue weighted by atomic mass is 9.91. The molecule has 0 spiro atoms. The molecule has 0 saturated carbocycles. The van der Waals surface area contributed by atoms with Crippen molar-refractivity contribution in [1.82, 2.24) is 15.3 Å². The van der Waals surface area contributed by atoms with Crippen molar-refractivity contribution in [2.45, 2.75) is 77.4 Å². The Hall–Kier alpha value is -2.79. The Kier molecular flexibility index (Phi) is 7.59. The number of rotatable bonds is 7. The fraction of sp³-hybridized carbons (Fsp3) is 0.536. The van der Waals surface area contributed by atoms with Crippen LogP contribution in [0.25, 0.3) is 10.2 Å². The Balaban J connectivity index is 1.23. The SMILES string of the molecule is COC(C)C(C)OC1CN(c2ccc3c(n2)CCC(NC(=O)c2sc4nc(C)cc(C)c4c2N)C3)CC1N. The number of nitrogen functional groups attached to an aromatic ring is 1. The summed E-state index contributed by atoms with van der Waals surface area (Å²) in [5.41, 5.74) is 17.5. The molecule has 9 nitrogen and oxygen atoms in total. The number of aryl methyl sites for hydroxylation is 3. The summed E-state index contributed by atoms with van der Waals surface area (Å²) in [5, 5.41) is 4.09. The molecule has 1 fully saturated rings. The minimum absolute atomic E-state index is 0.00634. The van der Waals surface area contributed by atoms with Gasteiger partial charge in [-0.3, -0.25) is 4.79 Å². The van der Waals surface area contributed by atoms with Crippen LogP contribution in [-0.2, 0) is 22.3 Å². The zero-order valence-electron chi connectivity index (χ0n) is 22.8. The summed E-state index contributed by atoms with van der Waals surface area (Å²) in [6, 6.07) is 6.14. The molecule has 5 atom stereocenters. The molecule has 3 aromatic rings. The topological polar surface area (TPSA) is 129 Å². The van der Waals surface area contributed by atoms with Crippen LogP contribution in [0.4, 0.5) is 11.5 Å². The molecule has 0 radical (unpaired) electrons. The molecule has 0 bridgehead atoms. The second-order valence-electron chi connectivity index (χ2n) is 10.7. The van der Waals surface area contributed by atoms with Crippen LogP contribution in [0, 0.1) is 13.8 Å². The van der Waals surface area contributed by atoms with Crippen LogP contribution in [0.1, 0.15) is 52.5 Å². The first kappa shape index (κ1) is 26.8. The standard InChI is InChI=1S/C28H38N6O3S/c1-14-10-15(2)31-28-24(14)25(30)26(38-28)27(35)32-19-7-8-21-18(11-19)6-9-23(33-21)34-12-20(29)22(13-34)37-17(4)16(3)36-5/h6,9-10,16-17,19-20,22H,7-8,11-13,29-30H2,1-5H3,(H,32,35). The van der Waals surface area contributed by atoms with Gasteiger partial charge in [-0.2, -0.15) is 0 Å². The van der Waals surface area contributed by atoms with Crippen LogP contribution in [0.3, 0.4) is 0 Å². The third kappa shape index (κ3) is 5.22. The van der Waals surface area contributed by atoms with Gasteiger partial charge in [0, 0.05) is 43.0 Å². The Morgan fingerprint density at radius 2 is 2.00 bits per heavy atom. The molecular formula is C28H38N6O3S. The summed E-state index contributed by atoms with van der Waals surface area (Å²) < 4.78 is 11.6. The van der Waals surface area contributed by atoms with Crippen molar-refractivity contribution >= 4 is 39.0 Å². The van der Waals surface area contributed by atoms with E-state index in [1.807, 2.05) is 33.8 Å². The van der Waals surface area contributed by atoms with Crippen LogP contribution in [0.2, 0.25) is 0 Å². The van der Waals surface area contributed by atoms with E-state index in [0.29, 0.717) is 23.7 Å². The maximum atomic E-state index is 13.2. The van der Waals surface area contributed by atoms with E-state index in [1.54, 1.807) is 7.11 Å². The maximum Gasteiger partial charge on any atom is 0.263 e. The van der Waals surface area contributed by atoms with E-state index in [9.17, 15) is 4.79 Å². The van der Waals surface area contributed by atoms with Crippen LogP contribution < -0.4 is 21.7 Å². The van der Waals surface area contributed by atoms with E-state index < -0.39 is 0 Å². The average Bonchev–Trinajstić information content (AvgIpc) is 3.42. The first-order valence-corrected chi connectivity index (χ1v) is 14.1. The van der Waals surface area contributed by atoms with Crippen LogP contribution in [-0.4, -0.2) is 66.5 Å². The zero-order valence-corrected chi connectivity index (χ0v) is 23.6. The molecule has 1 saturated heterocycles. The van der Waals surface area contributed by atoms with Gasteiger partial charge >= 0.3 is 0 Å². The van der Waals surface area contributed by atoms with Crippen molar-refractivity contribution in [2.24, 2.45) is 5.73 Å². The second-order valence-corrected chi connectivity index (χ2v) is 11.7. The molecule has 1 aliphatic heterocycles. The van der Waals surface area contributed by atoms with Gasteiger partial charge in [0.2, 0.25) is 0 Å². The number of anilines is 2. The summed E-state index contributed by atoms with van der Waals surface area (Å²) in [5.74, 6) is 0.797. The normalized spacial score (nSPS) is 22.9. The number of aromatic nitrogens is 2. The highest BCUT2D eigenvalue weighted by Crippen LogP contribution is 2.35. The summed E-state index contributed by atoms with van der Waals surface area (Å²) >= 11 is 1.36. The predicted octanol–water partition coefficient (Wildman–Crippen LogP) is 3.13. The van der Waals surface area contributed by atoms with E-state index in [-0.39, 0.29) is 36.3 Å². The van der Waals surface area contributed by atoms with Crippen LogP contribution >= 0.6 is 11.3 Å². The first-order valence-electron chi connectivity index (χ1n) is 13.3. The van der Waals surface area contributed by atoms with Gasteiger partial charge in [-0.15, -0.1) is 11.3 Å². The van der Waals surface area contributed by atoms with Crippen molar-refractivity contribution in [1.29, 1.82) is 0 Å². The lowest BCUT2D eigenvalue weighted by Gasteiger charge is -2.27. The van der Waals surface area contributed by atoms with Crippen molar-refractivity contribution < 1.29 is 14.3 Å². The molecule has 1 amide bonds. The number of carbonyl (C=O) groups excluding carboxylic acids is 1. The van der Waals surface area contributed by atoms with Crippen molar-refractivity contribution in [2.75, 3.05) is 30.8 Å². The molecule has 5 unspecified atom stereocenters. The smallest absolute Gasteiger partial charge is 0.263 e. The Morgan fingerprint density at radius 3 is 2.76 bits per heavy atom. The number of methoxy groups -OCH3 is 1. The highest BCUT2D eigenvalue weighted by atomic mass is 32.1. The summed E-state index contributed by atoms with van der Waals surface area (Å²) in [6.07, 6.45) is 2.28. The highest BCUT2D eigenvalue weighted by Gasteiger charge is 2.34. The Labute approximate surface area is 227 Å². The van der Waals surface area contributed by atoms with Crippen LogP contribution in [0.5, 0.6) is 0 Å². The molecule has 4 heterocycles. The molecular weight excluding hydrogens is 500 g/mol. The number of pyridine rings is 2. The van der Waals surface area contributed by atoms with Gasteiger partial charge in [0.05, 0.1) is 30.0 Å². The van der Waals surface area contributed by atoms with Gasteiger partial charge in [-0.05, 0) is 70.2 Å². The lowest BCUT2D eigenvalue weighted by molar-refractivity contribution is -0.0713. The van der Waals surface area contributed by atoms with E-state index in [2.05, 4.69) is 27.3 Å². The van der Waals surface area contributed by atoms with Gasteiger partial charge in [-0.1, -0.05) is 6.07 Å². The Bertz CT molecular complexity index is 1340. The number of hydrogen-bond donors (Lipinski definition) is 3. The summed E-state index contributed by atoms with van der Waals surface area (Å²) in [6.45, 7) is 9.39. The molecule has 0 aromatic carbocycles. The van der Waals surface area contributed by atoms with E-state index in [0.717, 1.165) is 52.2 Å². The van der Waals surface area contributed by atoms with Crippen molar-refractivity contribution in [3.8, 4) is 0 Å². The predicted molar refractivity (Wildman–Crippen MR) is 152 cm³/mol. The highest BCUT2D eigenvalue weighted by molar-refractivity contribution is 7.21. The van der Waals surface area contributed by atoms with Crippen molar-refractivity contribution in [3.63, 3.8) is 0 Å². The maximum absolute atomic E-state index is 13.2. The molecule has 2 aliphatic rings. The molecule has 1 aliphatic carbocycles.